The minimum Gasteiger partial charge on any atom is -0.381 e. The molecule has 0 atom stereocenters. The molecule has 0 bridgehead atoms. The summed E-state index contributed by atoms with van der Waals surface area (Å²) in [5.74, 6) is 0. The summed E-state index contributed by atoms with van der Waals surface area (Å²) in [5.41, 5.74) is 6.35. The number of fused-ring (bicyclic) bond motifs is 2. The van der Waals surface area contributed by atoms with Gasteiger partial charge in [-0.3, -0.25) is 4.98 Å². The summed E-state index contributed by atoms with van der Waals surface area (Å²) in [6, 6.07) is 16.7. The zero-order valence-corrected chi connectivity index (χ0v) is 12.1. The summed E-state index contributed by atoms with van der Waals surface area (Å²) in [5, 5.41) is 4.64. The second-order valence-corrected chi connectivity index (χ2v) is 5.81. The third-order valence-electron chi connectivity index (χ3n) is 3.50. The Morgan fingerprint density at radius 1 is 0.952 bits per heavy atom. The van der Waals surface area contributed by atoms with E-state index in [-0.39, 0.29) is 0 Å². The van der Waals surface area contributed by atoms with Gasteiger partial charge in [0.2, 0.25) is 0 Å². The highest BCUT2D eigenvalue weighted by Crippen LogP contribution is 2.22. The minimum absolute atomic E-state index is 0.801. The number of rotatable bonds is 3. The first-order chi connectivity index (χ1) is 10.4. The van der Waals surface area contributed by atoms with E-state index in [4.69, 9.17) is 0 Å². The van der Waals surface area contributed by atoms with Crippen molar-refractivity contribution in [2.45, 2.75) is 6.54 Å². The maximum absolute atomic E-state index is 4.34. The highest BCUT2D eigenvalue weighted by molar-refractivity contribution is 7.16. The van der Waals surface area contributed by atoms with Crippen LogP contribution in [0.3, 0.4) is 0 Å². The molecule has 2 aromatic carbocycles. The van der Waals surface area contributed by atoms with Crippen molar-refractivity contribution in [3.8, 4) is 0 Å². The van der Waals surface area contributed by atoms with Crippen molar-refractivity contribution in [2.75, 3.05) is 5.32 Å². The van der Waals surface area contributed by atoms with Crippen LogP contribution in [0, 0.1) is 0 Å². The molecule has 4 rings (SSSR count). The number of hydrogen-bond donors (Lipinski definition) is 1. The molecule has 0 radical (unpaired) electrons. The van der Waals surface area contributed by atoms with E-state index < -0.39 is 0 Å². The average Bonchev–Trinajstić information content (AvgIpc) is 3.00. The molecule has 21 heavy (non-hydrogen) atoms. The predicted octanol–water partition coefficient (Wildman–Crippen LogP) is 4.46. The molecule has 0 amide bonds. The Morgan fingerprint density at radius 3 is 2.90 bits per heavy atom. The van der Waals surface area contributed by atoms with Crippen molar-refractivity contribution in [1.82, 2.24) is 9.97 Å². The maximum atomic E-state index is 4.34. The molecule has 0 saturated heterocycles. The summed E-state index contributed by atoms with van der Waals surface area (Å²) in [6.07, 6.45) is 1.82. The zero-order valence-electron chi connectivity index (χ0n) is 11.3. The zero-order chi connectivity index (χ0) is 14.1. The molecule has 4 aromatic rings. The number of pyridine rings is 1. The van der Waals surface area contributed by atoms with E-state index in [1.807, 2.05) is 17.8 Å². The van der Waals surface area contributed by atoms with Crippen LogP contribution in [0.1, 0.15) is 5.56 Å². The van der Waals surface area contributed by atoms with Gasteiger partial charge < -0.3 is 5.32 Å². The lowest BCUT2D eigenvalue weighted by atomic mass is 10.1. The Hall–Kier alpha value is -2.46. The molecule has 2 aromatic heterocycles. The molecule has 0 aliphatic heterocycles. The Balaban J connectivity index is 1.56. The predicted molar refractivity (Wildman–Crippen MR) is 88.7 cm³/mol. The number of nitrogens with one attached hydrogen (secondary N) is 1. The second-order valence-electron chi connectivity index (χ2n) is 4.92. The fourth-order valence-electron chi connectivity index (χ4n) is 2.40. The van der Waals surface area contributed by atoms with Gasteiger partial charge in [0, 0.05) is 23.8 Å². The third-order valence-corrected chi connectivity index (χ3v) is 4.29. The van der Waals surface area contributed by atoms with Gasteiger partial charge in [-0.25, -0.2) is 4.98 Å². The first-order valence-corrected chi connectivity index (χ1v) is 7.67. The maximum Gasteiger partial charge on any atom is 0.0813 e. The van der Waals surface area contributed by atoms with Gasteiger partial charge >= 0.3 is 0 Å². The van der Waals surface area contributed by atoms with E-state index in [0.29, 0.717) is 0 Å². The number of anilines is 1. The van der Waals surface area contributed by atoms with Crippen LogP contribution in [0.5, 0.6) is 0 Å². The van der Waals surface area contributed by atoms with E-state index in [0.717, 1.165) is 23.3 Å². The lowest BCUT2D eigenvalue weighted by molar-refractivity contribution is 1.15. The van der Waals surface area contributed by atoms with Crippen molar-refractivity contribution in [1.29, 1.82) is 0 Å². The molecule has 0 unspecified atom stereocenters. The second kappa shape index (κ2) is 5.14. The van der Waals surface area contributed by atoms with Crippen molar-refractivity contribution >= 4 is 38.1 Å². The van der Waals surface area contributed by atoms with Gasteiger partial charge in [0.1, 0.15) is 0 Å². The lowest BCUT2D eigenvalue weighted by Crippen LogP contribution is -1.99. The number of hydrogen-bond acceptors (Lipinski definition) is 4. The molecular weight excluding hydrogens is 278 g/mol. The summed E-state index contributed by atoms with van der Waals surface area (Å²) in [7, 11) is 0. The van der Waals surface area contributed by atoms with Crippen molar-refractivity contribution in [2.24, 2.45) is 0 Å². The Kier molecular flexibility index (Phi) is 3.01. The molecule has 102 valence electrons. The number of nitrogens with zero attached hydrogens (tertiary/aromatic N) is 2. The van der Waals surface area contributed by atoms with E-state index in [1.165, 1.54) is 15.6 Å². The average molecular weight is 291 g/mol. The third kappa shape index (κ3) is 2.45. The van der Waals surface area contributed by atoms with Gasteiger partial charge in [-0.2, -0.15) is 0 Å². The van der Waals surface area contributed by atoms with Crippen LogP contribution < -0.4 is 5.32 Å². The normalized spacial score (nSPS) is 11.0. The van der Waals surface area contributed by atoms with E-state index in [1.54, 1.807) is 11.3 Å². The Labute approximate surface area is 126 Å². The molecule has 0 aliphatic rings. The molecule has 4 heteroatoms. The molecule has 0 aliphatic carbocycles. The van der Waals surface area contributed by atoms with E-state index in [2.05, 4.69) is 57.7 Å². The quantitative estimate of drug-likeness (QED) is 0.605. The number of thiazole rings is 1. The highest BCUT2D eigenvalue weighted by Gasteiger charge is 2.00. The first-order valence-electron chi connectivity index (χ1n) is 6.79. The van der Waals surface area contributed by atoms with Crippen molar-refractivity contribution < 1.29 is 0 Å². The van der Waals surface area contributed by atoms with Crippen LogP contribution in [0.4, 0.5) is 5.69 Å². The van der Waals surface area contributed by atoms with Gasteiger partial charge in [-0.1, -0.05) is 12.1 Å². The molecule has 1 N–H and O–H groups in total. The Bertz CT molecular complexity index is 914. The van der Waals surface area contributed by atoms with Crippen LogP contribution in [0.2, 0.25) is 0 Å². The fourth-order valence-corrected chi connectivity index (χ4v) is 3.12. The lowest BCUT2D eigenvalue weighted by Gasteiger charge is -2.07. The van der Waals surface area contributed by atoms with Gasteiger partial charge in [0.15, 0.2) is 0 Å². The molecule has 0 saturated carbocycles. The monoisotopic (exact) mass is 291 g/mol. The molecule has 0 spiro atoms. The smallest absolute Gasteiger partial charge is 0.0813 e. The van der Waals surface area contributed by atoms with E-state index >= 15 is 0 Å². The molecule has 0 fully saturated rings. The van der Waals surface area contributed by atoms with Crippen LogP contribution in [0.25, 0.3) is 21.1 Å². The van der Waals surface area contributed by atoms with E-state index in [9.17, 15) is 0 Å². The van der Waals surface area contributed by atoms with Gasteiger partial charge in [-0.05, 0) is 42.0 Å². The van der Waals surface area contributed by atoms with Crippen molar-refractivity contribution in [3.63, 3.8) is 0 Å². The molecule has 3 nitrogen and oxygen atoms in total. The van der Waals surface area contributed by atoms with Crippen LogP contribution in [0.15, 0.2) is 60.2 Å². The van der Waals surface area contributed by atoms with Crippen LogP contribution in [-0.4, -0.2) is 9.97 Å². The molecule has 2 heterocycles. The first kappa shape index (κ1) is 12.3. The molecular formula is C17H13N3S. The number of aromatic nitrogens is 2. The SMILES string of the molecule is c1cnc2ccc(CNc3ccc4ncsc4c3)cc2c1. The largest absolute Gasteiger partial charge is 0.381 e. The fraction of sp³-hybridized carbons (Fsp3) is 0.0588. The topological polar surface area (TPSA) is 37.8 Å². The number of benzene rings is 2. The summed E-state index contributed by atoms with van der Waals surface area (Å²) in [6.45, 7) is 0.801. The summed E-state index contributed by atoms with van der Waals surface area (Å²) in [4.78, 5) is 8.64. The standard InChI is InChI=1S/C17H13N3S/c1-2-13-8-12(3-5-15(13)18-7-1)10-19-14-4-6-16-17(9-14)21-11-20-16/h1-9,11,19H,10H2. The minimum atomic E-state index is 0.801. The van der Waals surface area contributed by atoms with Gasteiger partial charge in [-0.15, -0.1) is 11.3 Å². The Morgan fingerprint density at radius 2 is 1.90 bits per heavy atom. The van der Waals surface area contributed by atoms with Crippen LogP contribution >= 0.6 is 11.3 Å². The van der Waals surface area contributed by atoms with Gasteiger partial charge in [0.05, 0.1) is 21.2 Å². The van der Waals surface area contributed by atoms with Crippen LogP contribution in [-0.2, 0) is 6.54 Å². The summed E-state index contributed by atoms with van der Waals surface area (Å²) < 4.78 is 1.21. The highest BCUT2D eigenvalue weighted by atomic mass is 32.1. The van der Waals surface area contributed by atoms with Gasteiger partial charge in [0.25, 0.3) is 0 Å². The summed E-state index contributed by atoms with van der Waals surface area (Å²) >= 11 is 1.67. The van der Waals surface area contributed by atoms with Crippen molar-refractivity contribution in [3.05, 3.63) is 65.8 Å².